The van der Waals surface area contributed by atoms with Gasteiger partial charge < -0.3 is 65.6 Å². The first-order valence-corrected chi connectivity index (χ1v) is 12.3. The van der Waals surface area contributed by atoms with Gasteiger partial charge in [-0.3, -0.25) is 0 Å². The molecule has 0 aliphatic carbocycles. The number of hydrogen-bond acceptors (Lipinski definition) is 15. The fourth-order valence-electron chi connectivity index (χ4n) is 4.11. The minimum Gasteiger partial charge on any atom is -0.508 e. The van der Waals surface area contributed by atoms with Gasteiger partial charge in [0.05, 0.1) is 17.2 Å². The summed E-state index contributed by atoms with van der Waals surface area (Å²) in [6.07, 6.45) is -1.56. The summed E-state index contributed by atoms with van der Waals surface area (Å²) in [5, 5.41) is 104. The summed E-state index contributed by atoms with van der Waals surface area (Å²) < 4.78 is 10.1. The molecule has 0 saturated heterocycles. The summed E-state index contributed by atoms with van der Waals surface area (Å²) in [6.45, 7) is 0. The second-order valence-corrected chi connectivity index (χ2v) is 9.40. The molecule has 0 aromatic heterocycles. The van der Waals surface area contributed by atoms with E-state index in [-0.39, 0.29) is 35.2 Å². The highest BCUT2D eigenvalue weighted by molar-refractivity contribution is 6.03. The number of esters is 2. The van der Waals surface area contributed by atoms with E-state index in [2.05, 4.69) is 4.74 Å². The molecule has 11 N–H and O–H groups in total. The number of rotatable bonds is 3. The first-order valence-electron chi connectivity index (χ1n) is 12.3. The van der Waals surface area contributed by atoms with Gasteiger partial charge in [-0.1, -0.05) is 6.07 Å². The summed E-state index contributed by atoms with van der Waals surface area (Å²) in [4.78, 5) is 23.5. The Labute approximate surface area is 246 Å². The number of hydrogen-bond donors (Lipinski definition) is 11. The highest BCUT2D eigenvalue weighted by Crippen LogP contribution is 2.43. The van der Waals surface area contributed by atoms with Crippen molar-refractivity contribution in [3.8, 4) is 63.2 Å². The lowest BCUT2D eigenvalue weighted by Gasteiger charge is -2.31. The normalized spacial score (nSPS) is 15.2. The Morgan fingerprint density at radius 2 is 1.11 bits per heavy atom. The molecule has 0 spiro atoms. The second kappa shape index (κ2) is 11.9. The van der Waals surface area contributed by atoms with E-state index in [1.54, 1.807) is 0 Å². The monoisotopic (exact) mass is 612 g/mol. The third kappa shape index (κ3) is 6.32. The van der Waals surface area contributed by atoms with Crippen LogP contribution in [0.3, 0.4) is 0 Å². The van der Waals surface area contributed by atoms with Crippen LogP contribution in [0.15, 0.2) is 54.6 Å². The predicted molar refractivity (Wildman–Crippen MR) is 145 cm³/mol. The van der Waals surface area contributed by atoms with Crippen molar-refractivity contribution >= 4 is 11.9 Å². The molecular weight excluding hydrogens is 588 g/mol. The van der Waals surface area contributed by atoms with Crippen LogP contribution in [0, 0.1) is 0 Å². The molecule has 44 heavy (non-hydrogen) atoms. The van der Waals surface area contributed by atoms with E-state index in [0.717, 1.165) is 24.3 Å². The molecular formula is C29H24O15. The summed E-state index contributed by atoms with van der Waals surface area (Å²) in [6, 6.07) is 9.71. The molecule has 15 nitrogen and oxygen atoms in total. The third-order valence-corrected chi connectivity index (χ3v) is 6.31. The minimum absolute atomic E-state index is 0.143. The highest BCUT2D eigenvalue weighted by Gasteiger charge is 2.32. The van der Waals surface area contributed by atoms with Crippen molar-refractivity contribution in [2.75, 3.05) is 0 Å². The average molecular weight is 612 g/mol. The SMILES string of the molecule is O=C(OC(=O)c1cc(O)c(O)c(O)c1)c1cc(O)c(O)c(O)c1.Oc1cc(O)c2c(c1)O[C@H](c1ccc(O)c(O)c1)[C@H](O)C2. The maximum atomic E-state index is 11.8. The van der Waals surface area contributed by atoms with Crippen molar-refractivity contribution in [3.05, 3.63) is 76.9 Å². The smallest absolute Gasteiger partial charge is 0.346 e. The summed E-state index contributed by atoms with van der Waals surface area (Å²) in [7, 11) is 0. The maximum Gasteiger partial charge on any atom is 0.346 e. The first-order chi connectivity index (χ1) is 20.7. The van der Waals surface area contributed by atoms with Crippen LogP contribution in [0.1, 0.15) is 37.9 Å². The van der Waals surface area contributed by atoms with E-state index >= 15 is 0 Å². The van der Waals surface area contributed by atoms with E-state index in [0.29, 0.717) is 11.1 Å². The number of phenolic OH excluding ortho intramolecular Hbond substituents is 10. The quantitative estimate of drug-likeness (QED) is 0.0900. The topological polar surface area (TPSA) is 275 Å². The van der Waals surface area contributed by atoms with Crippen molar-refractivity contribution in [2.45, 2.75) is 18.6 Å². The third-order valence-electron chi connectivity index (χ3n) is 6.31. The Hall–Kier alpha value is -6.22. The Kier molecular flexibility index (Phi) is 8.34. The van der Waals surface area contributed by atoms with Crippen LogP contribution < -0.4 is 4.74 Å². The van der Waals surface area contributed by atoms with Gasteiger partial charge in [0.25, 0.3) is 0 Å². The van der Waals surface area contributed by atoms with Crippen molar-refractivity contribution in [2.24, 2.45) is 0 Å². The lowest BCUT2D eigenvalue weighted by Crippen LogP contribution is -2.30. The molecule has 0 saturated carbocycles. The Bertz CT molecular complexity index is 1650. The molecule has 1 aliphatic heterocycles. The predicted octanol–water partition coefficient (Wildman–Crippen LogP) is 2.46. The first kappa shape index (κ1) is 30.7. The molecule has 0 unspecified atom stereocenters. The Morgan fingerprint density at radius 1 is 0.614 bits per heavy atom. The number of carbonyl (C=O) groups excluding carboxylic acids is 2. The second-order valence-electron chi connectivity index (χ2n) is 9.40. The van der Waals surface area contributed by atoms with Crippen LogP contribution in [-0.4, -0.2) is 74.2 Å². The van der Waals surface area contributed by atoms with Crippen LogP contribution in [0.25, 0.3) is 0 Å². The average Bonchev–Trinajstić information content (AvgIpc) is 2.96. The van der Waals surface area contributed by atoms with Crippen molar-refractivity contribution < 1.29 is 75.2 Å². The Balaban J connectivity index is 0.000000201. The van der Waals surface area contributed by atoms with Crippen molar-refractivity contribution in [3.63, 3.8) is 0 Å². The molecule has 5 rings (SSSR count). The van der Waals surface area contributed by atoms with Crippen molar-refractivity contribution in [1.29, 1.82) is 0 Å². The highest BCUT2D eigenvalue weighted by atomic mass is 16.6. The molecule has 4 aromatic rings. The summed E-state index contributed by atoms with van der Waals surface area (Å²) >= 11 is 0. The lowest BCUT2D eigenvalue weighted by atomic mass is 9.94. The van der Waals surface area contributed by atoms with Crippen molar-refractivity contribution in [1.82, 2.24) is 0 Å². The number of aliphatic hydroxyl groups is 1. The molecule has 1 heterocycles. The van der Waals surface area contributed by atoms with Gasteiger partial charge in [0.2, 0.25) is 0 Å². The van der Waals surface area contributed by atoms with Gasteiger partial charge >= 0.3 is 11.9 Å². The molecule has 2 atom stereocenters. The largest absolute Gasteiger partial charge is 0.508 e. The van der Waals surface area contributed by atoms with Gasteiger partial charge in [-0.2, -0.15) is 0 Å². The van der Waals surface area contributed by atoms with E-state index < -0.39 is 69.8 Å². The molecule has 1 aliphatic rings. The molecule has 4 aromatic carbocycles. The van der Waals surface area contributed by atoms with E-state index in [1.807, 2.05) is 0 Å². The van der Waals surface area contributed by atoms with E-state index in [4.69, 9.17) is 14.9 Å². The van der Waals surface area contributed by atoms with Crippen LogP contribution >= 0.6 is 0 Å². The van der Waals surface area contributed by atoms with E-state index in [1.165, 1.54) is 30.3 Å². The number of ether oxygens (including phenoxy) is 2. The number of aromatic hydroxyl groups is 10. The number of aliphatic hydroxyl groups excluding tert-OH is 1. The Morgan fingerprint density at radius 3 is 1.59 bits per heavy atom. The minimum atomic E-state index is -1.27. The molecule has 0 radical (unpaired) electrons. The van der Waals surface area contributed by atoms with Crippen LogP contribution in [0.5, 0.6) is 63.2 Å². The molecule has 0 fully saturated rings. The fraction of sp³-hybridized carbons (Fsp3) is 0.103. The lowest BCUT2D eigenvalue weighted by molar-refractivity contribution is 0.0197. The standard InChI is InChI=1S/C15H14O6.C14H10O9/c16-8-4-11(18)9-6-13(20)15(21-14(9)5-8)7-1-2-10(17)12(19)3-7;15-7-1-5(2-8(16)11(7)19)13(21)23-14(22)6-3-9(17)12(20)10(18)4-6/h1-5,13,15-20H,6H2;1-4,15-20H/t13-,15-;/m1./s1. The zero-order valence-electron chi connectivity index (χ0n) is 22.1. The molecule has 230 valence electrons. The molecule has 15 heteroatoms. The van der Waals surface area contributed by atoms with Gasteiger partial charge in [0, 0.05) is 24.1 Å². The number of benzene rings is 4. The summed E-state index contributed by atoms with van der Waals surface area (Å²) in [5.74, 6) is -8.03. The molecule has 0 amide bonds. The summed E-state index contributed by atoms with van der Waals surface area (Å²) in [5.41, 5.74) is 0.0302. The van der Waals surface area contributed by atoms with Gasteiger partial charge in [-0.15, -0.1) is 0 Å². The van der Waals surface area contributed by atoms with Crippen LogP contribution in [0.4, 0.5) is 0 Å². The number of carbonyl (C=O) groups is 2. The van der Waals surface area contributed by atoms with Crippen LogP contribution in [0.2, 0.25) is 0 Å². The zero-order valence-corrected chi connectivity index (χ0v) is 22.1. The van der Waals surface area contributed by atoms with Crippen LogP contribution in [-0.2, 0) is 11.2 Å². The maximum absolute atomic E-state index is 11.8. The van der Waals surface area contributed by atoms with Gasteiger partial charge in [-0.05, 0) is 42.0 Å². The number of fused-ring (bicyclic) bond motifs is 1. The number of phenols is 10. The van der Waals surface area contributed by atoms with Gasteiger partial charge in [0.1, 0.15) is 23.4 Å². The van der Waals surface area contributed by atoms with Gasteiger partial charge in [0.15, 0.2) is 46.0 Å². The van der Waals surface area contributed by atoms with Gasteiger partial charge in [-0.25, -0.2) is 9.59 Å². The van der Waals surface area contributed by atoms with E-state index in [9.17, 15) is 55.5 Å². The molecule has 0 bridgehead atoms. The fourth-order valence-corrected chi connectivity index (χ4v) is 4.11. The zero-order chi connectivity index (χ0) is 32.5.